The Hall–Kier alpha value is -0.980. The van der Waals surface area contributed by atoms with Gasteiger partial charge in [-0.2, -0.15) is 0 Å². The molecule has 3 N–H and O–H groups in total. The van der Waals surface area contributed by atoms with Crippen LogP contribution in [0.25, 0.3) is 0 Å². The summed E-state index contributed by atoms with van der Waals surface area (Å²) in [6.45, 7) is 4.53. The molecule has 0 fully saturated rings. The first kappa shape index (κ1) is 15.0. The first-order valence-electron chi connectivity index (χ1n) is 5.28. The lowest BCUT2D eigenvalue weighted by Gasteiger charge is -2.22. The molecule has 0 aliphatic carbocycles. The Labute approximate surface area is 96.7 Å². The van der Waals surface area contributed by atoms with E-state index in [0.717, 1.165) is 0 Å². The van der Waals surface area contributed by atoms with Crippen LogP contribution in [0.5, 0.6) is 0 Å². The van der Waals surface area contributed by atoms with E-state index in [1.54, 1.807) is 6.92 Å². The zero-order valence-corrected chi connectivity index (χ0v) is 10.5. The van der Waals surface area contributed by atoms with Crippen LogP contribution >= 0.6 is 0 Å². The molecule has 0 aromatic rings. The monoisotopic (exact) mass is 230 g/mol. The van der Waals surface area contributed by atoms with Gasteiger partial charge in [0.15, 0.2) is 0 Å². The van der Waals surface area contributed by atoms with Gasteiger partial charge in [-0.25, -0.2) is 5.84 Å². The number of nitrogens with two attached hydrogens (primary N) is 1. The van der Waals surface area contributed by atoms with Crippen molar-refractivity contribution in [3.8, 4) is 0 Å². The summed E-state index contributed by atoms with van der Waals surface area (Å²) in [4.78, 5) is 24.4. The van der Waals surface area contributed by atoms with Crippen molar-refractivity contribution >= 4 is 11.7 Å². The molecule has 0 bridgehead atoms. The molecule has 0 radical (unpaired) electrons. The van der Waals surface area contributed by atoms with Gasteiger partial charge in [-0.05, 0) is 27.9 Å². The van der Waals surface area contributed by atoms with Gasteiger partial charge in [0, 0.05) is 13.1 Å². The van der Waals surface area contributed by atoms with E-state index in [1.165, 1.54) is 11.9 Å². The molecule has 0 rings (SSSR count). The van der Waals surface area contributed by atoms with Crippen molar-refractivity contribution in [2.24, 2.45) is 5.84 Å². The third-order valence-corrected chi connectivity index (χ3v) is 2.10. The van der Waals surface area contributed by atoms with Gasteiger partial charge in [0.1, 0.15) is 5.78 Å². The summed E-state index contributed by atoms with van der Waals surface area (Å²) in [7, 11) is 3.82. The van der Waals surface area contributed by atoms with Gasteiger partial charge in [-0.3, -0.25) is 19.9 Å². The Morgan fingerprint density at radius 1 is 1.31 bits per heavy atom. The Kier molecular flexibility index (Phi) is 6.87. The summed E-state index contributed by atoms with van der Waals surface area (Å²) in [5.74, 6) is 5.40. The minimum atomic E-state index is -0.434. The maximum atomic E-state index is 11.7. The Balaban J connectivity index is 3.96. The van der Waals surface area contributed by atoms with Crippen LogP contribution in [0.1, 0.15) is 13.8 Å². The maximum absolute atomic E-state index is 11.7. The molecule has 0 aromatic carbocycles. The summed E-state index contributed by atoms with van der Waals surface area (Å²) in [6.07, 6.45) is 0. The number of rotatable bonds is 7. The topological polar surface area (TPSA) is 78.7 Å². The van der Waals surface area contributed by atoms with Crippen molar-refractivity contribution in [3.05, 3.63) is 0 Å². The minimum absolute atomic E-state index is 0.00323. The number of likely N-dealkylation sites (N-methyl/N-ethyl adjacent to an activating group) is 1. The molecule has 6 nitrogen and oxygen atoms in total. The molecule has 1 unspecified atom stereocenters. The third kappa shape index (κ3) is 6.49. The Morgan fingerprint density at radius 3 is 2.31 bits per heavy atom. The molecular weight excluding hydrogens is 208 g/mol. The highest BCUT2D eigenvalue weighted by molar-refractivity contribution is 5.82. The maximum Gasteiger partial charge on any atom is 0.253 e. The number of Topliss-reactive ketones (excluding diaryl/α,β-unsaturated/α-hetero) is 1. The van der Waals surface area contributed by atoms with E-state index >= 15 is 0 Å². The van der Waals surface area contributed by atoms with Crippen molar-refractivity contribution in [1.29, 1.82) is 0 Å². The van der Waals surface area contributed by atoms with Crippen molar-refractivity contribution in [2.75, 3.05) is 33.7 Å². The van der Waals surface area contributed by atoms with E-state index in [0.29, 0.717) is 13.1 Å². The average molecular weight is 230 g/mol. The molecule has 0 spiro atoms. The molecule has 1 amide bonds. The number of ketones is 1. The van der Waals surface area contributed by atoms with Crippen LogP contribution in [0.15, 0.2) is 0 Å². The fraction of sp³-hybridized carbons (Fsp3) is 0.800. The van der Waals surface area contributed by atoms with Crippen LogP contribution < -0.4 is 11.2 Å². The van der Waals surface area contributed by atoms with E-state index in [-0.39, 0.29) is 18.2 Å². The van der Waals surface area contributed by atoms with E-state index in [1.807, 2.05) is 19.0 Å². The number of hydrogen-bond acceptors (Lipinski definition) is 5. The molecule has 0 saturated heterocycles. The fourth-order valence-corrected chi connectivity index (χ4v) is 1.05. The number of carbonyl (C=O) groups excluding carboxylic acids is 2. The summed E-state index contributed by atoms with van der Waals surface area (Å²) in [5.41, 5.74) is 0. The zero-order valence-electron chi connectivity index (χ0n) is 10.5. The predicted octanol–water partition coefficient (Wildman–Crippen LogP) is -1.18. The lowest BCUT2D eigenvalue weighted by atomic mass is 10.3. The molecule has 0 aliphatic rings. The number of nitrogens with zero attached hydrogens (tertiary/aromatic N) is 2. The molecule has 6 heteroatoms. The highest BCUT2D eigenvalue weighted by atomic mass is 16.2. The molecule has 0 aliphatic heterocycles. The molecule has 94 valence electrons. The summed E-state index contributed by atoms with van der Waals surface area (Å²) in [5, 5.41) is 3.99. The number of hydrazine groups is 1. The summed E-state index contributed by atoms with van der Waals surface area (Å²) >= 11 is 0. The van der Waals surface area contributed by atoms with Crippen LogP contribution in [-0.2, 0) is 9.59 Å². The second kappa shape index (κ2) is 7.32. The number of nitrogens with one attached hydrogen (secondary N) is 1. The van der Waals surface area contributed by atoms with Crippen molar-refractivity contribution in [3.63, 3.8) is 0 Å². The molecule has 16 heavy (non-hydrogen) atoms. The molecule has 1 atom stereocenters. The second-order valence-corrected chi connectivity index (χ2v) is 4.14. The number of amides is 1. The first-order chi connectivity index (χ1) is 7.34. The van der Waals surface area contributed by atoms with Crippen molar-refractivity contribution in [1.82, 2.24) is 15.2 Å². The van der Waals surface area contributed by atoms with Gasteiger partial charge in [-0.1, -0.05) is 0 Å². The van der Waals surface area contributed by atoms with E-state index < -0.39 is 6.04 Å². The Bertz CT molecular complexity index is 243. The Morgan fingerprint density at radius 2 is 1.88 bits per heavy atom. The highest BCUT2D eigenvalue weighted by Gasteiger charge is 2.17. The summed E-state index contributed by atoms with van der Waals surface area (Å²) < 4.78 is 0. The van der Waals surface area contributed by atoms with Crippen LogP contribution in [0.4, 0.5) is 0 Å². The van der Waals surface area contributed by atoms with E-state index in [9.17, 15) is 9.59 Å². The van der Waals surface area contributed by atoms with Gasteiger partial charge in [0.2, 0.25) is 0 Å². The lowest BCUT2D eigenvalue weighted by Crippen LogP contribution is -2.50. The van der Waals surface area contributed by atoms with Crippen molar-refractivity contribution < 1.29 is 9.59 Å². The molecule has 0 aromatic heterocycles. The van der Waals surface area contributed by atoms with Gasteiger partial charge in [0.25, 0.3) is 5.91 Å². The standard InChI is InChI=1S/C10H22N4O2/c1-8(15)7-12-9(2)10(16)14(11)6-5-13(3)4/h9,12H,5-7,11H2,1-4H3. The largest absolute Gasteiger partial charge is 0.308 e. The average Bonchev–Trinajstić information content (AvgIpc) is 2.21. The van der Waals surface area contributed by atoms with E-state index in [4.69, 9.17) is 5.84 Å². The van der Waals surface area contributed by atoms with E-state index in [2.05, 4.69) is 5.32 Å². The second-order valence-electron chi connectivity index (χ2n) is 4.14. The van der Waals surface area contributed by atoms with Crippen LogP contribution in [-0.4, -0.2) is 61.4 Å². The number of carbonyl (C=O) groups is 2. The van der Waals surface area contributed by atoms with Crippen LogP contribution in [0.2, 0.25) is 0 Å². The number of hydrogen-bond donors (Lipinski definition) is 2. The predicted molar refractivity (Wildman–Crippen MR) is 62.6 cm³/mol. The van der Waals surface area contributed by atoms with Gasteiger partial charge < -0.3 is 4.90 Å². The van der Waals surface area contributed by atoms with Gasteiger partial charge in [-0.15, -0.1) is 0 Å². The molecular formula is C10H22N4O2. The smallest absolute Gasteiger partial charge is 0.253 e. The normalized spacial score (nSPS) is 12.6. The zero-order chi connectivity index (χ0) is 12.7. The fourth-order valence-electron chi connectivity index (χ4n) is 1.05. The SMILES string of the molecule is CC(=O)CNC(C)C(=O)N(N)CCN(C)C. The third-order valence-electron chi connectivity index (χ3n) is 2.10. The van der Waals surface area contributed by atoms with Crippen molar-refractivity contribution in [2.45, 2.75) is 19.9 Å². The highest BCUT2D eigenvalue weighted by Crippen LogP contribution is 1.90. The van der Waals surface area contributed by atoms with Crippen LogP contribution in [0.3, 0.4) is 0 Å². The van der Waals surface area contributed by atoms with Gasteiger partial charge >= 0.3 is 0 Å². The lowest BCUT2D eigenvalue weighted by molar-refractivity contribution is -0.133. The quantitative estimate of drug-likeness (QED) is 0.327. The molecule has 0 heterocycles. The first-order valence-corrected chi connectivity index (χ1v) is 5.28. The minimum Gasteiger partial charge on any atom is -0.308 e. The molecule has 0 saturated carbocycles. The summed E-state index contributed by atoms with van der Waals surface area (Å²) in [6, 6.07) is -0.434. The van der Waals surface area contributed by atoms with Gasteiger partial charge in [0.05, 0.1) is 12.6 Å². The van der Waals surface area contributed by atoms with Crippen LogP contribution in [0, 0.1) is 0 Å².